The van der Waals surface area contributed by atoms with Crippen LogP contribution in [0, 0.1) is 5.92 Å². The Labute approximate surface area is 195 Å². The molecular formula is C25H30N2O5S. The fourth-order valence-electron chi connectivity index (χ4n) is 4.52. The molecule has 7 nitrogen and oxygen atoms in total. The summed E-state index contributed by atoms with van der Waals surface area (Å²) in [5.74, 6) is 0.00148. The number of amides is 2. The third-order valence-corrected chi connectivity index (χ3v) is 7.95. The van der Waals surface area contributed by atoms with Crippen LogP contribution < -0.4 is 5.32 Å². The molecule has 0 aromatic heterocycles. The number of hydrogen-bond donors (Lipinski definition) is 1. The van der Waals surface area contributed by atoms with Crippen LogP contribution in [-0.4, -0.2) is 56.3 Å². The van der Waals surface area contributed by atoms with E-state index in [0.717, 1.165) is 16.7 Å². The Morgan fingerprint density at radius 2 is 1.85 bits per heavy atom. The van der Waals surface area contributed by atoms with Crippen molar-refractivity contribution in [3.05, 3.63) is 53.6 Å². The smallest absolute Gasteiger partial charge is 0.410 e. The Hall–Kier alpha value is -2.87. The summed E-state index contributed by atoms with van der Waals surface area (Å²) in [6, 6.07) is 12.5. The lowest BCUT2D eigenvalue weighted by Crippen LogP contribution is -2.36. The quantitative estimate of drug-likeness (QED) is 0.736. The van der Waals surface area contributed by atoms with Crippen LogP contribution in [0.5, 0.6) is 0 Å². The van der Waals surface area contributed by atoms with E-state index in [1.165, 1.54) is 0 Å². The van der Waals surface area contributed by atoms with Gasteiger partial charge in [0, 0.05) is 37.0 Å². The predicted molar refractivity (Wildman–Crippen MR) is 126 cm³/mol. The topological polar surface area (TPSA) is 92.8 Å². The van der Waals surface area contributed by atoms with E-state index in [-0.39, 0.29) is 34.5 Å². The number of fused-ring (bicyclic) bond motifs is 3. The van der Waals surface area contributed by atoms with Gasteiger partial charge in [-0.05, 0) is 55.7 Å². The molecule has 0 unspecified atom stereocenters. The second kappa shape index (κ2) is 8.48. The number of benzene rings is 2. The van der Waals surface area contributed by atoms with Gasteiger partial charge in [0.05, 0.1) is 10.6 Å². The van der Waals surface area contributed by atoms with Crippen LogP contribution >= 0.6 is 0 Å². The van der Waals surface area contributed by atoms with Crippen molar-refractivity contribution >= 4 is 21.8 Å². The molecule has 33 heavy (non-hydrogen) atoms. The van der Waals surface area contributed by atoms with Crippen molar-refractivity contribution in [2.24, 2.45) is 5.92 Å². The number of likely N-dealkylation sites (tertiary alicyclic amines) is 1. The zero-order valence-corrected chi connectivity index (χ0v) is 20.2. The predicted octanol–water partition coefficient (Wildman–Crippen LogP) is 3.84. The summed E-state index contributed by atoms with van der Waals surface area (Å²) in [5, 5.41) is 2.99. The van der Waals surface area contributed by atoms with Crippen LogP contribution in [0.3, 0.4) is 0 Å². The lowest BCUT2D eigenvalue weighted by molar-refractivity contribution is 0.0287. The van der Waals surface area contributed by atoms with Gasteiger partial charge in [0.1, 0.15) is 5.60 Å². The molecule has 2 aliphatic heterocycles. The van der Waals surface area contributed by atoms with Gasteiger partial charge >= 0.3 is 6.09 Å². The zero-order valence-electron chi connectivity index (χ0n) is 19.4. The van der Waals surface area contributed by atoms with E-state index < -0.39 is 15.4 Å². The summed E-state index contributed by atoms with van der Waals surface area (Å²) in [6.07, 6.45) is -0.339. The number of carbonyl (C=O) groups excluding carboxylic acids is 2. The molecule has 0 bridgehead atoms. The summed E-state index contributed by atoms with van der Waals surface area (Å²) >= 11 is 0. The first-order valence-electron chi connectivity index (χ1n) is 11.2. The Kier molecular flexibility index (Phi) is 5.99. The van der Waals surface area contributed by atoms with Crippen molar-refractivity contribution in [3.8, 4) is 11.1 Å². The molecule has 0 spiro atoms. The number of nitrogens with zero attached hydrogens (tertiary/aromatic N) is 1. The number of ether oxygens (including phenoxy) is 1. The molecule has 1 N–H and O–H groups in total. The fraction of sp³-hybridized carbons (Fsp3) is 0.440. The molecule has 176 valence electrons. The number of carbonyl (C=O) groups is 2. The third kappa shape index (κ3) is 4.76. The van der Waals surface area contributed by atoms with Crippen molar-refractivity contribution in [2.75, 3.05) is 25.4 Å². The lowest BCUT2D eigenvalue weighted by atomic mass is 9.86. The molecule has 2 heterocycles. The van der Waals surface area contributed by atoms with Crippen molar-refractivity contribution in [1.29, 1.82) is 0 Å². The summed E-state index contributed by atoms with van der Waals surface area (Å²) in [7, 11) is -3.33. The first kappa shape index (κ1) is 23.3. The molecule has 0 aliphatic carbocycles. The highest BCUT2D eigenvalue weighted by molar-refractivity contribution is 7.91. The van der Waals surface area contributed by atoms with E-state index in [1.54, 1.807) is 30.0 Å². The van der Waals surface area contributed by atoms with Crippen molar-refractivity contribution in [2.45, 2.75) is 44.1 Å². The largest absolute Gasteiger partial charge is 0.444 e. The van der Waals surface area contributed by atoms with Gasteiger partial charge in [-0.2, -0.15) is 0 Å². The number of nitrogens with one attached hydrogen (secondary N) is 1. The SMILES string of the molecule is CCS(=O)(=O)c1cccc(-c2ccc3c(c2)C(=O)NC[C@@H]2CN(C(=O)OC(C)(C)C)C[C@@H]32)c1. The first-order chi connectivity index (χ1) is 15.5. The Morgan fingerprint density at radius 3 is 2.55 bits per heavy atom. The molecule has 2 amide bonds. The molecule has 2 aromatic rings. The highest BCUT2D eigenvalue weighted by Gasteiger charge is 2.41. The van der Waals surface area contributed by atoms with Crippen LogP contribution in [0.15, 0.2) is 47.4 Å². The minimum absolute atomic E-state index is 0.0207. The number of sulfone groups is 1. The standard InChI is InChI=1S/C25H30N2O5S/c1-5-33(30,31)19-8-6-7-16(11-19)17-9-10-20-21(12-17)23(28)26-13-18-14-27(15-22(18)20)24(29)32-25(2,3)4/h6-12,18,22H,5,13-15H2,1-4H3,(H,26,28)/t18-,22-/m1/s1. The van der Waals surface area contributed by atoms with Crippen molar-refractivity contribution < 1.29 is 22.7 Å². The van der Waals surface area contributed by atoms with E-state index in [1.807, 2.05) is 45.0 Å². The van der Waals surface area contributed by atoms with E-state index in [0.29, 0.717) is 25.2 Å². The summed E-state index contributed by atoms with van der Waals surface area (Å²) < 4.78 is 30.2. The van der Waals surface area contributed by atoms with E-state index >= 15 is 0 Å². The van der Waals surface area contributed by atoms with Crippen LogP contribution in [-0.2, 0) is 14.6 Å². The summed E-state index contributed by atoms with van der Waals surface area (Å²) in [5.41, 5.74) is 2.42. The van der Waals surface area contributed by atoms with Gasteiger partial charge in [0.15, 0.2) is 9.84 Å². The minimum Gasteiger partial charge on any atom is -0.444 e. The average Bonchev–Trinajstić information content (AvgIpc) is 3.15. The first-order valence-corrected chi connectivity index (χ1v) is 12.9. The van der Waals surface area contributed by atoms with E-state index in [2.05, 4.69) is 5.32 Å². The maximum Gasteiger partial charge on any atom is 0.410 e. The monoisotopic (exact) mass is 470 g/mol. The van der Waals surface area contributed by atoms with Gasteiger partial charge < -0.3 is 15.0 Å². The minimum atomic E-state index is -3.33. The summed E-state index contributed by atoms with van der Waals surface area (Å²) in [6.45, 7) is 8.65. The third-order valence-electron chi connectivity index (χ3n) is 6.22. The maximum absolute atomic E-state index is 12.9. The molecule has 2 aromatic carbocycles. The number of hydrogen-bond acceptors (Lipinski definition) is 5. The maximum atomic E-state index is 12.9. The Bertz CT molecular complexity index is 1200. The number of rotatable bonds is 3. The van der Waals surface area contributed by atoms with Gasteiger partial charge in [0.25, 0.3) is 5.91 Å². The van der Waals surface area contributed by atoms with E-state index in [4.69, 9.17) is 4.74 Å². The Balaban J connectivity index is 1.66. The highest BCUT2D eigenvalue weighted by atomic mass is 32.2. The summed E-state index contributed by atoms with van der Waals surface area (Å²) in [4.78, 5) is 27.5. The van der Waals surface area contributed by atoms with Crippen LogP contribution in [0.1, 0.15) is 49.5 Å². The van der Waals surface area contributed by atoms with Gasteiger partial charge in [-0.3, -0.25) is 4.79 Å². The van der Waals surface area contributed by atoms with Gasteiger partial charge in [0.2, 0.25) is 0 Å². The van der Waals surface area contributed by atoms with Crippen molar-refractivity contribution in [3.63, 3.8) is 0 Å². The van der Waals surface area contributed by atoms with Crippen LogP contribution in [0.2, 0.25) is 0 Å². The van der Waals surface area contributed by atoms with Gasteiger partial charge in [-0.1, -0.05) is 31.2 Å². The van der Waals surface area contributed by atoms with Crippen LogP contribution in [0.4, 0.5) is 4.79 Å². The molecule has 2 atom stereocenters. The lowest BCUT2D eigenvalue weighted by Gasteiger charge is -2.24. The molecule has 0 saturated carbocycles. The molecule has 2 aliphatic rings. The average molecular weight is 471 g/mol. The van der Waals surface area contributed by atoms with E-state index in [9.17, 15) is 18.0 Å². The zero-order chi connectivity index (χ0) is 24.0. The second-order valence-corrected chi connectivity index (χ2v) is 12.0. The molecular weight excluding hydrogens is 440 g/mol. The highest BCUT2D eigenvalue weighted by Crippen LogP contribution is 2.38. The second-order valence-electron chi connectivity index (χ2n) is 9.70. The normalized spacial score (nSPS) is 20.5. The van der Waals surface area contributed by atoms with Crippen LogP contribution in [0.25, 0.3) is 11.1 Å². The fourth-order valence-corrected chi connectivity index (χ4v) is 5.44. The molecule has 1 fully saturated rings. The molecule has 8 heteroatoms. The molecule has 4 rings (SSSR count). The molecule has 1 saturated heterocycles. The van der Waals surface area contributed by atoms with Gasteiger partial charge in [-0.25, -0.2) is 13.2 Å². The van der Waals surface area contributed by atoms with Gasteiger partial charge in [-0.15, -0.1) is 0 Å². The molecule has 0 radical (unpaired) electrons. The Morgan fingerprint density at radius 1 is 1.12 bits per heavy atom. The van der Waals surface area contributed by atoms with Crippen molar-refractivity contribution in [1.82, 2.24) is 10.2 Å².